The Hall–Kier alpha value is -3.55. The molecule has 0 spiro atoms. The number of benzene rings is 2. The van der Waals surface area contributed by atoms with E-state index in [0.717, 1.165) is 22.3 Å². The van der Waals surface area contributed by atoms with Gasteiger partial charge < -0.3 is 19.9 Å². The number of hydrogen-bond acceptors (Lipinski definition) is 5. The van der Waals surface area contributed by atoms with Gasteiger partial charge in [-0.1, -0.05) is 48.5 Å². The molecule has 1 aliphatic heterocycles. The Morgan fingerprint density at radius 3 is 2.18 bits per heavy atom. The number of ether oxygens (including phenoxy) is 2. The van der Waals surface area contributed by atoms with Gasteiger partial charge in [-0.2, -0.15) is 0 Å². The van der Waals surface area contributed by atoms with Gasteiger partial charge in [0, 0.05) is 18.5 Å². The number of nitrogens with zero attached hydrogens (tertiary/aromatic N) is 1. The molecule has 2 aromatic rings. The van der Waals surface area contributed by atoms with E-state index < -0.39 is 35.8 Å². The van der Waals surface area contributed by atoms with Crippen molar-refractivity contribution in [3.8, 4) is 11.1 Å². The largest absolute Gasteiger partial charge is 0.480 e. The third kappa shape index (κ3) is 5.00. The Morgan fingerprint density at radius 2 is 1.62 bits per heavy atom. The van der Waals surface area contributed by atoms with Crippen molar-refractivity contribution in [3.63, 3.8) is 0 Å². The van der Waals surface area contributed by atoms with E-state index in [9.17, 15) is 19.5 Å². The average molecular weight is 467 g/mol. The van der Waals surface area contributed by atoms with Crippen molar-refractivity contribution in [2.75, 3.05) is 13.2 Å². The van der Waals surface area contributed by atoms with Crippen LogP contribution in [0.25, 0.3) is 11.1 Å². The Kier molecular flexibility index (Phi) is 6.50. The van der Waals surface area contributed by atoms with E-state index in [1.807, 2.05) is 36.4 Å². The van der Waals surface area contributed by atoms with Crippen LogP contribution in [0.15, 0.2) is 48.5 Å². The van der Waals surface area contributed by atoms with Crippen molar-refractivity contribution in [2.24, 2.45) is 0 Å². The van der Waals surface area contributed by atoms with Crippen LogP contribution in [0.1, 0.15) is 50.7 Å². The van der Waals surface area contributed by atoms with Crippen LogP contribution in [0.3, 0.4) is 0 Å². The lowest BCUT2D eigenvalue weighted by atomic mass is 9.97. The summed E-state index contributed by atoms with van der Waals surface area (Å²) < 4.78 is 10.9. The Bertz CT molecular complexity index is 1050. The van der Waals surface area contributed by atoms with Crippen LogP contribution in [0.4, 0.5) is 9.59 Å². The number of nitrogens with one attached hydrogen (secondary N) is 1. The number of fused-ring (bicyclic) bond motifs is 3. The highest BCUT2D eigenvalue weighted by Gasteiger charge is 2.39. The number of carbonyl (C=O) groups is 3. The second-order valence-electron chi connectivity index (χ2n) is 9.72. The van der Waals surface area contributed by atoms with E-state index in [1.165, 1.54) is 4.90 Å². The van der Waals surface area contributed by atoms with Gasteiger partial charge in [0.05, 0.1) is 0 Å². The Labute approximate surface area is 198 Å². The third-order valence-electron chi connectivity index (χ3n) is 6.18. The second-order valence-corrected chi connectivity index (χ2v) is 9.72. The summed E-state index contributed by atoms with van der Waals surface area (Å²) in [5.41, 5.74) is 3.77. The number of alkyl carbamates (subject to hydrolysis) is 1. The third-order valence-corrected chi connectivity index (χ3v) is 6.18. The standard InChI is InChI=1S/C26H30N2O6/c1-26(2,3)34-24(31)27-16-12-13-28(22(14-16)23(29)30)25(32)33-15-21-19-10-6-4-8-17(19)18-9-5-7-11-20(18)21/h4-11,16,21-22H,12-15H2,1-3H3,(H,27,31)(H,29,30)/t16-,22-/m1/s1. The predicted octanol–water partition coefficient (Wildman–Crippen LogP) is 4.38. The number of likely N-dealkylation sites (tertiary alicyclic amines) is 1. The van der Waals surface area contributed by atoms with Crippen molar-refractivity contribution in [1.29, 1.82) is 0 Å². The molecule has 2 aromatic carbocycles. The molecule has 2 atom stereocenters. The van der Waals surface area contributed by atoms with Gasteiger partial charge in [0.15, 0.2) is 0 Å². The minimum Gasteiger partial charge on any atom is -0.480 e. The molecule has 1 heterocycles. The second kappa shape index (κ2) is 9.37. The quantitative estimate of drug-likeness (QED) is 0.693. The Balaban J connectivity index is 1.41. The Morgan fingerprint density at radius 1 is 1.03 bits per heavy atom. The van der Waals surface area contributed by atoms with Crippen molar-refractivity contribution >= 4 is 18.2 Å². The van der Waals surface area contributed by atoms with Gasteiger partial charge in [-0.05, 0) is 55.9 Å². The van der Waals surface area contributed by atoms with Gasteiger partial charge in [0.2, 0.25) is 0 Å². The molecular weight excluding hydrogens is 436 g/mol. The maximum absolute atomic E-state index is 12.9. The fourth-order valence-electron chi connectivity index (χ4n) is 4.70. The summed E-state index contributed by atoms with van der Waals surface area (Å²) in [7, 11) is 0. The monoisotopic (exact) mass is 466 g/mol. The van der Waals surface area contributed by atoms with Gasteiger partial charge in [-0.15, -0.1) is 0 Å². The number of piperidine rings is 1. The number of amides is 2. The minimum absolute atomic E-state index is 0.0821. The maximum Gasteiger partial charge on any atom is 0.410 e. The molecule has 1 fully saturated rings. The molecule has 1 aliphatic carbocycles. The van der Waals surface area contributed by atoms with E-state index in [2.05, 4.69) is 17.4 Å². The van der Waals surface area contributed by atoms with Crippen LogP contribution in [-0.4, -0.2) is 59.0 Å². The van der Waals surface area contributed by atoms with Gasteiger partial charge in [-0.3, -0.25) is 4.90 Å². The topological polar surface area (TPSA) is 105 Å². The van der Waals surface area contributed by atoms with Crippen LogP contribution in [0, 0.1) is 0 Å². The zero-order valence-electron chi connectivity index (χ0n) is 19.6. The first-order valence-corrected chi connectivity index (χ1v) is 11.5. The molecule has 180 valence electrons. The lowest BCUT2D eigenvalue weighted by Crippen LogP contribution is -2.55. The first kappa shape index (κ1) is 23.6. The van der Waals surface area contributed by atoms with Crippen LogP contribution in [-0.2, 0) is 14.3 Å². The lowest BCUT2D eigenvalue weighted by Gasteiger charge is -2.37. The number of carboxylic acids is 1. The zero-order chi connectivity index (χ0) is 24.5. The van der Waals surface area contributed by atoms with Crippen molar-refractivity contribution in [1.82, 2.24) is 10.2 Å². The highest BCUT2D eigenvalue weighted by molar-refractivity contribution is 5.81. The fraction of sp³-hybridized carbons (Fsp3) is 0.423. The smallest absolute Gasteiger partial charge is 0.410 e. The number of hydrogen-bond donors (Lipinski definition) is 2. The molecule has 34 heavy (non-hydrogen) atoms. The van der Waals surface area contributed by atoms with Crippen LogP contribution >= 0.6 is 0 Å². The summed E-state index contributed by atoms with van der Waals surface area (Å²) in [6.45, 7) is 5.55. The van der Waals surface area contributed by atoms with E-state index in [-0.39, 0.29) is 25.5 Å². The fourth-order valence-corrected chi connectivity index (χ4v) is 4.70. The van der Waals surface area contributed by atoms with Crippen molar-refractivity contribution < 1.29 is 29.0 Å². The molecule has 2 N–H and O–H groups in total. The number of carbonyl (C=O) groups excluding carboxylic acids is 2. The zero-order valence-corrected chi connectivity index (χ0v) is 19.6. The summed E-state index contributed by atoms with van der Waals surface area (Å²) >= 11 is 0. The maximum atomic E-state index is 12.9. The molecule has 8 heteroatoms. The van der Waals surface area contributed by atoms with Gasteiger partial charge >= 0.3 is 18.2 Å². The van der Waals surface area contributed by atoms with Crippen molar-refractivity contribution in [2.45, 2.75) is 57.2 Å². The van der Waals surface area contributed by atoms with Gasteiger partial charge in [0.1, 0.15) is 18.2 Å². The summed E-state index contributed by atoms with van der Waals surface area (Å²) in [6.07, 6.45) is -0.771. The normalized spacial score (nSPS) is 19.7. The molecule has 0 radical (unpaired) electrons. The number of aliphatic carboxylic acids is 1. The first-order chi connectivity index (χ1) is 16.1. The summed E-state index contributed by atoms with van der Waals surface area (Å²) in [4.78, 5) is 38.2. The van der Waals surface area contributed by atoms with E-state index in [1.54, 1.807) is 20.8 Å². The van der Waals surface area contributed by atoms with E-state index in [0.29, 0.717) is 6.42 Å². The molecule has 4 rings (SSSR count). The van der Waals surface area contributed by atoms with Gasteiger partial charge in [0.25, 0.3) is 0 Å². The highest BCUT2D eigenvalue weighted by Crippen LogP contribution is 2.44. The molecule has 0 bridgehead atoms. The van der Waals surface area contributed by atoms with Crippen LogP contribution in [0.2, 0.25) is 0 Å². The predicted molar refractivity (Wildman–Crippen MR) is 126 cm³/mol. The molecule has 2 aliphatic rings. The minimum atomic E-state index is -1.14. The summed E-state index contributed by atoms with van der Waals surface area (Å²) in [6, 6.07) is 14.6. The number of rotatable bonds is 4. The number of carboxylic acid groups (broad SMARTS) is 1. The first-order valence-electron chi connectivity index (χ1n) is 11.5. The molecule has 2 amide bonds. The molecular formula is C26H30N2O6. The van der Waals surface area contributed by atoms with E-state index >= 15 is 0 Å². The highest BCUT2D eigenvalue weighted by atomic mass is 16.6. The van der Waals surface area contributed by atoms with Gasteiger partial charge in [-0.25, -0.2) is 14.4 Å². The van der Waals surface area contributed by atoms with Crippen molar-refractivity contribution in [3.05, 3.63) is 59.7 Å². The molecule has 0 unspecified atom stereocenters. The SMILES string of the molecule is CC(C)(C)OC(=O)N[C@@H]1CCN(C(=O)OCC2c3ccccc3-c3ccccc32)[C@@H](C(=O)O)C1. The average Bonchev–Trinajstić information content (AvgIpc) is 3.10. The van der Waals surface area contributed by atoms with Crippen LogP contribution < -0.4 is 5.32 Å². The summed E-state index contributed by atoms with van der Waals surface area (Å²) in [5.74, 6) is -1.24. The molecule has 0 saturated carbocycles. The van der Waals surface area contributed by atoms with Crippen LogP contribution in [0.5, 0.6) is 0 Å². The molecule has 0 aromatic heterocycles. The summed E-state index contributed by atoms with van der Waals surface area (Å²) in [5, 5.41) is 12.5. The molecule has 8 nitrogen and oxygen atoms in total. The molecule has 1 saturated heterocycles. The lowest BCUT2D eigenvalue weighted by molar-refractivity contribution is -0.144. The van der Waals surface area contributed by atoms with E-state index in [4.69, 9.17) is 9.47 Å².